The minimum absolute atomic E-state index is 0. The van der Waals surface area contributed by atoms with E-state index in [1.165, 1.54) is 0 Å². The summed E-state index contributed by atoms with van der Waals surface area (Å²) in [5.74, 6) is -0.345. The first-order valence-electron chi connectivity index (χ1n) is 6.06. The molecule has 0 aliphatic rings. The Labute approximate surface area is 131 Å². The summed E-state index contributed by atoms with van der Waals surface area (Å²) in [7, 11) is 0. The van der Waals surface area contributed by atoms with Crippen molar-refractivity contribution in [2.24, 2.45) is 11.8 Å². The first-order valence-corrected chi connectivity index (χ1v) is 6.06. The van der Waals surface area contributed by atoms with Crippen molar-refractivity contribution < 1.29 is 39.5 Å². The molecule has 0 saturated heterocycles. The summed E-state index contributed by atoms with van der Waals surface area (Å²) < 4.78 is 0. The van der Waals surface area contributed by atoms with Gasteiger partial charge in [0.2, 0.25) is 0 Å². The molecule has 0 radical (unpaired) electrons. The van der Waals surface area contributed by atoms with Gasteiger partial charge < -0.3 is 15.2 Å². The van der Waals surface area contributed by atoms with Crippen LogP contribution < -0.4 is 40.0 Å². The number of anilines is 1. The van der Waals surface area contributed by atoms with E-state index in [2.05, 4.69) is 19.2 Å². The van der Waals surface area contributed by atoms with E-state index in [-0.39, 0.29) is 41.9 Å². The maximum Gasteiger partial charge on any atom is 1.00 e. The van der Waals surface area contributed by atoms with Gasteiger partial charge in [0.25, 0.3) is 0 Å². The fraction of sp³-hybridized carbons (Fsp3) is 0.500. The zero-order valence-electron chi connectivity index (χ0n) is 11.5. The quantitative estimate of drug-likeness (QED) is 0.631. The second-order valence-corrected chi connectivity index (χ2v) is 4.82. The molecule has 0 aromatic heterocycles. The van der Waals surface area contributed by atoms with E-state index >= 15 is 0 Å². The number of carbonyl (C=O) groups is 1. The summed E-state index contributed by atoms with van der Waals surface area (Å²) in [6.07, 6.45) is 1.02. The maximum absolute atomic E-state index is 10.7. The van der Waals surface area contributed by atoms with Gasteiger partial charge in [0, 0.05) is 18.2 Å². The summed E-state index contributed by atoms with van der Waals surface area (Å²) in [5.41, 5.74) is 1.03. The molecule has 0 aliphatic carbocycles. The number of hydrogen-bond donors (Lipinski definition) is 1. The van der Waals surface area contributed by atoms with Gasteiger partial charge in [-0.25, -0.2) is 0 Å². The Hall–Kier alpha value is -0.510. The molecular weight excluding hydrogens is 237 g/mol. The number of para-hydroxylation sites is 1. The van der Waals surface area contributed by atoms with Crippen LogP contribution in [-0.4, -0.2) is 12.5 Å². The Balaban J connectivity index is 0.00000289. The second kappa shape index (κ2) is 9.42. The van der Waals surface area contributed by atoms with Crippen molar-refractivity contribution in [3.8, 4) is 0 Å². The van der Waals surface area contributed by atoms with Crippen molar-refractivity contribution in [1.82, 2.24) is 0 Å². The monoisotopic (exact) mass is 257 g/mol. The van der Waals surface area contributed by atoms with E-state index in [9.17, 15) is 9.90 Å². The predicted molar refractivity (Wildman–Crippen MR) is 67.5 cm³/mol. The average molecular weight is 257 g/mol. The molecule has 1 aromatic rings. The van der Waals surface area contributed by atoms with E-state index in [1.807, 2.05) is 30.3 Å². The molecular formula is C14H20NNaO2. The molecule has 18 heavy (non-hydrogen) atoms. The minimum atomic E-state index is -0.967. The average Bonchev–Trinajstić information content (AvgIpc) is 2.26. The number of benzene rings is 1. The second-order valence-electron chi connectivity index (χ2n) is 4.82. The molecule has 4 heteroatoms. The summed E-state index contributed by atoms with van der Waals surface area (Å²) >= 11 is 0. The molecule has 94 valence electrons. The number of carboxylic acids is 1. The fourth-order valence-electron chi connectivity index (χ4n) is 1.96. The fourth-order valence-corrected chi connectivity index (χ4v) is 1.96. The number of carbonyl (C=O) groups excluding carboxylic acids is 1. The van der Waals surface area contributed by atoms with E-state index in [0.717, 1.165) is 12.1 Å². The zero-order chi connectivity index (χ0) is 12.7. The summed E-state index contributed by atoms with van der Waals surface area (Å²) in [6.45, 7) is 4.88. The largest absolute Gasteiger partial charge is 1.00 e. The van der Waals surface area contributed by atoms with Gasteiger partial charge in [-0.3, -0.25) is 0 Å². The molecule has 0 heterocycles. The standard InChI is InChI=1S/C14H21NO2.Na/c1-11(2)8-12(9-14(16)17)10-15-13-6-4-3-5-7-13;/h3-7,11-12,15H,8-10H2,1-2H3,(H,16,17);/q;+1/p-1. The van der Waals surface area contributed by atoms with Gasteiger partial charge in [0.15, 0.2) is 0 Å². The third kappa shape index (κ3) is 7.75. The predicted octanol–water partition coefficient (Wildman–Crippen LogP) is -1.10. The Morgan fingerprint density at radius 2 is 1.89 bits per heavy atom. The van der Waals surface area contributed by atoms with Crippen LogP contribution >= 0.6 is 0 Å². The van der Waals surface area contributed by atoms with Crippen molar-refractivity contribution in [3.63, 3.8) is 0 Å². The van der Waals surface area contributed by atoms with Crippen LogP contribution in [0.15, 0.2) is 30.3 Å². The molecule has 1 N–H and O–H groups in total. The molecule has 0 fully saturated rings. The van der Waals surface area contributed by atoms with Crippen molar-refractivity contribution in [2.45, 2.75) is 26.7 Å². The Kier molecular flexibility index (Phi) is 9.16. The van der Waals surface area contributed by atoms with Crippen LogP contribution in [-0.2, 0) is 4.79 Å². The normalized spacial score (nSPS) is 11.7. The molecule has 1 unspecified atom stereocenters. The van der Waals surface area contributed by atoms with Crippen LogP contribution in [0.4, 0.5) is 5.69 Å². The third-order valence-corrected chi connectivity index (χ3v) is 2.63. The number of nitrogens with one attached hydrogen (secondary N) is 1. The SMILES string of the molecule is CC(C)CC(CNc1ccccc1)CC(=O)[O-].[Na+]. The molecule has 0 amide bonds. The Bertz CT molecular complexity index is 341. The van der Waals surface area contributed by atoms with Crippen molar-refractivity contribution >= 4 is 11.7 Å². The summed E-state index contributed by atoms with van der Waals surface area (Å²) in [6, 6.07) is 9.83. The molecule has 0 bridgehead atoms. The molecule has 1 rings (SSSR count). The molecule has 3 nitrogen and oxygen atoms in total. The Morgan fingerprint density at radius 3 is 2.39 bits per heavy atom. The van der Waals surface area contributed by atoms with Gasteiger partial charge in [-0.1, -0.05) is 32.0 Å². The first kappa shape index (κ1) is 17.5. The van der Waals surface area contributed by atoms with Crippen LogP contribution in [0.5, 0.6) is 0 Å². The number of carboxylic acid groups (broad SMARTS) is 1. The van der Waals surface area contributed by atoms with Gasteiger partial charge in [0.1, 0.15) is 0 Å². The van der Waals surface area contributed by atoms with Crippen LogP contribution in [0.25, 0.3) is 0 Å². The Morgan fingerprint density at radius 1 is 1.28 bits per heavy atom. The molecule has 0 aliphatic heterocycles. The maximum atomic E-state index is 10.7. The summed E-state index contributed by atoms with van der Waals surface area (Å²) in [4.78, 5) is 10.7. The van der Waals surface area contributed by atoms with Gasteiger partial charge in [0.05, 0.1) is 0 Å². The van der Waals surface area contributed by atoms with E-state index in [4.69, 9.17) is 0 Å². The van der Waals surface area contributed by atoms with Gasteiger partial charge in [-0.05, 0) is 36.8 Å². The molecule has 1 atom stereocenters. The minimum Gasteiger partial charge on any atom is -0.550 e. The number of aliphatic carboxylic acids is 1. The molecule has 1 aromatic carbocycles. The van der Waals surface area contributed by atoms with Gasteiger partial charge in [-0.15, -0.1) is 0 Å². The van der Waals surface area contributed by atoms with Gasteiger partial charge in [-0.2, -0.15) is 0 Å². The number of rotatable bonds is 7. The van der Waals surface area contributed by atoms with E-state index < -0.39 is 5.97 Å². The number of hydrogen-bond acceptors (Lipinski definition) is 3. The zero-order valence-corrected chi connectivity index (χ0v) is 13.5. The topological polar surface area (TPSA) is 52.2 Å². The smallest absolute Gasteiger partial charge is 0.550 e. The van der Waals surface area contributed by atoms with Crippen LogP contribution in [0.1, 0.15) is 26.7 Å². The molecule has 0 spiro atoms. The van der Waals surface area contributed by atoms with Gasteiger partial charge >= 0.3 is 29.6 Å². The first-order chi connectivity index (χ1) is 8.08. The van der Waals surface area contributed by atoms with E-state index in [1.54, 1.807) is 0 Å². The van der Waals surface area contributed by atoms with Crippen molar-refractivity contribution in [1.29, 1.82) is 0 Å². The van der Waals surface area contributed by atoms with Crippen LogP contribution in [0, 0.1) is 11.8 Å². The van der Waals surface area contributed by atoms with Crippen LogP contribution in [0.2, 0.25) is 0 Å². The summed E-state index contributed by atoms with van der Waals surface area (Å²) in [5, 5.41) is 13.9. The van der Waals surface area contributed by atoms with E-state index in [0.29, 0.717) is 12.5 Å². The van der Waals surface area contributed by atoms with Crippen molar-refractivity contribution in [3.05, 3.63) is 30.3 Å². The van der Waals surface area contributed by atoms with Crippen LogP contribution in [0.3, 0.4) is 0 Å². The molecule has 0 saturated carbocycles. The van der Waals surface area contributed by atoms with Crippen molar-refractivity contribution in [2.75, 3.05) is 11.9 Å². The third-order valence-electron chi connectivity index (χ3n) is 2.63.